The van der Waals surface area contributed by atoms with Gasteiger partial charge in [0.2, 0.25) is 10.0 Å². The number of rotatable bonds is 3. The molecule has 2 heterocycles. The van der Waals surface area contributed by atoms with Crippen molar-refractivity contribution in [3.63, 3.8) is 0 Å². The smallest absolute Gasteiger partial charge is 0.245 e. The quantitative estimate of drug-likeness (QED) is 0.935. The monoisotopic (exact) mass is 333 g/mol. The lowest BCUT2D eigenvalue weighted by Gasteiger charge is -2.33. The van der Waals surface area contributed by atoms with Crippen molar-refractivity contribution in [2.75, 3.05) is 13.1 Å². The van der Waals surface area contributed by atoms with Gasteiger partial charge in [0, 0.05) is 30.7 Å². The molecule has 1 fully saturated rings. The first-order chi connectivity index (χ1) is 10.9. The van der Waals surface area contributed by atoms with E-state index in [4.69, 9.17) is 5.73 Å². The zero-order valence-corrected chi connectivity index (χ0v) is 14.4. The summed E-state index contributed by atoms with van der Waals surface area (Å²) in [6.07, 6.45) is 3.54. The van der Waals surface area contributed by atoms with E-state index in [1.54, 1.807) is 22.6 Å². The largest absolute Gasteiger partial charge is 0.328 e. The molecule has 0 bridgehead atoms. The maximum atomic E-state index is 13.1. The summed E-state index contributed by atoms with van der Waals surface area (Å²) in [6.45, 7) is 4.94. The van der Waals surface area contributed by atoms with E-state index in [1.165, 1.54) is 0 Å². The van der Waals surface area contributed by atoms with Crippen molar-refractivity contribution in [2.24, 2.45) is 11.7 Å². The molecule has 0 amide bonds. The molecule has 1 aromatic carbocycles. The fourth-order valence-corrected chi connectivity index (χ4v) is 4.91. The highest BCUT2D eigenvalue weighted by molar-refractivity contribution is 7.89. The molecule has 2 atom stereocenters. The Morgan fingerprint density at radius 2 is 2.17 bits per heavy atom. The minimum Gasteiger partial charge on any atom is -0.328 e. The van der Waals surface area contributed by atoms with Gasteiger partial charge in [0.1, 0.15) is 4.90 Å². The van der Waals surface area contributed by atoms with Crippen molar-refractivity contribution in [3.8, 4) is 0 Å². The van der Waals surface area contributed by atoms with Crippen molar-refractivity contribution in [3.05, 3.63) is 36.0 Å². The molecule has 0 aliphatic carbocycles. The molecule has 23 heavy (non-hydrogen) atoms. The molecule has 5 nitrogen and oxygen atoms in total. The van der Waals surface area contributed by atoms with Crippen LogP contribution < -0.4 is 5.73 Å². The van der Waals surface area contributed by atoms with Gasteiger partial charge in [-0.25, -0.2) is 8.42 Å². The summed E-state index contributed by atoms with van der Waals surface area (Å²) in [4.78, 5) is 4.66. The van der Waals surface area contributed by atoms with Gasteiger partial charge in [-0.2, -0.15) is 4.31 Å². The van der Waals surface area contributed by atoms with Gasteiger partial charge in [0.15, 0.2) is 0 Å². The Morgan fingerprint density at radius 1 is 1.39 bits per heavy atom. The predicted molar refractivity (Wildman–Crippen MR) is 91.6 cm³/mol. The Hall–Kier alpha value is -1.50. The zero-order valence-electron chi connectivity index (χ0n) is 13.6. The van der Waals surface area contributed by atoms with Gasteiger partial charge in [-0.3, -0.25) is 4.98 Å². The SMILES string of the molecule is Cc1cnc2c(S(=O)(=O)N3CCC[C@H]([C@@H](C)N)C3)cccc2c1. The fraction of sp³-hybridized carbons (Fsp3) is 0.471. The Labute approximate surface area is 137 Å². The van der Waals surface area contributed by atoms with Crippen LogP contribution in [0.3, 0.4) is 0 Å². The second-order valence-electron chi connectivity index (χ2n) is 6.47. The Kier molecular flexibility index (Phi) is 4.40. The first-order valence-corrected chi connectivity index (χ1v) is 9.44. The summed E-state index contributed by atoms with van der Waals surface area (Å²) in [5.41, 5.74) is 7.54. The lowest BCUT2D eigenvalue weighted by atomic mass is 9.93. The summed E-state index contributed by atoms with van der Waals surface area (Å²) in [5.74, 6) is 0.212. The predicted octanol–water partition coefficient (Wildman–Crippen LogP) is 2.29. The maximum absolute atomic E-state index is 13.1. The number of aryl methyl sites for hydroxylation is 1. The molecule has 1 aliphatic rings. The first kappa shape index (κ1) is 16.4. The van der Waals surface area contributed by atoms with E-state index in [0.29, 0.717) is 23.5 Å². The minimum absolute atomic E-state index is 0.00120. The number of nitrogens with zero attached hydrogens (tertiary/aromatic N) is 2. The van der Waals surface area contributed by atoms with Crippen LogP contribution in [-0.2, 0) is 10.0 Å². The number of fused-ring (bicyclic) bond motifs is 1. The highest BCUT2D eigenvalue weighted by atomic mass is 32.2. The van der Waals surface area contributed by atoms with Crippen LogP contribution in [0, 0.1) is 12.8 Å². The summed E-state index contributed by atoms with van der Waals surface area (Å²) in [5, 5.41) is 0.854. The Balaban J connectivity index is 2.03. The van der Waals surface area contributed by atoms with E-state index in [0.717, 1.165) is 23.8 Å². The number of hydrogen-bond donors (Lipinski definition) is 1. The van der Waals surface area contributed by atoms with E-state index in [9.17, 15) is 8.42 Å². The van der Waals surface area contributed by atoms with Crippen LogP contribution in [0.25, 0.3) is 10.9 Å². The molecule has 0 unspecified atom stereocenters. The summed E-state index contributed by atoms with van der Waals surface area (Å²) in [6, 6.07) is 7.29. The summed E-state index contributed by atoms with van der Waals surface area (Å²) in [7, 11) is -3.55. The molecular weight excluding hydrogens is 310 g/mol. The van der Waals surface area contributed by atoms with Crippen LogP contribution in [0.1, 0.15) is 25.3 Å². The van der Waals surface area contributed by atoms with Gasteiger partial charge in [-0.1, -0.05) is 12.1 Å². The maximum Gasteiger partial charge on any atom is 0.245 e. The fourth-order valence-electron chi connectivity index (χ4n) is 3.21. The molecule has 0 spiro atoms. The number of piperidine rings is 1. The van der Waals surface area contributed by atoms with Crippen molar-refractivity contribution >= 4 is 20.9 Å². The average molecular weight is 333 g/mol. The van der Waals surface area contributed by atoms with Crippen molar-refractivity contribution < 1.29 is 8.42 Å². The minimum atomic E-state index is -3.55. The van der Waals surface area contributed by atoms with Crippen LogP contribution in [0.2, 0.25) is 0 Å². The molecular formula is C17H23N3O2S. The van der Waals surface area contributed by atoms with Gasteiger partial charge < -0.3 is 5.73 Å². The second-order valence-corrected chi connectivity index (χ2v) is 8.37. The lowest BCUT2D eigenvalue weighted by molar-refractivity contribution is 0.243. The number of sulfonamides is 1. The van der Waals surface area contributed by atoms with Crippen LogP contribution in [0.4, 0.5) is 0 Å². The number of aromatic nitrogens is 1. The summed E-state index contributed by atoms with van der Waals surface area (Å²) < 4.78 is 27.8. The molecule has 1 saturated heterocycles. The lowest BCUT2D eigenvalue weighted by Crippen LogP contribution is -2.45. The highest BCUT2D eigenvalue weighted by Crippen LogP contribution is 2.28. The Morgan fingerprint density at radius 3 is 2.91 bits per heavy atom. The molecule has 1 aliphatic heterocycles. The molecule has 1 aromatic heterocycles. The third kappa shape index (κ3) is 3.11. The van der Waals surface area contributed by atoms with Gasteiger partial charge in [0.25, 0.3) is 0 Å². The van der Waals surface area contributed by atoms with Crippen LogP contribution >= 0.6 is 0 Å². The van der Waals surface area contributed by atoms with E-state index in [2.05, 4.69) is 4.98 Å². The average Bonchev–Trinajstić information content (AvgIpc) is 2.54. The zero-order chi connectivity index (χ0) is 16.6. The molecule has 6 heteroatoms. The molecule has 124 valence electrons. The van der Waals surface area contributed by atoms with Crippen molar-refractivity contribution in [1.82, 2.24) is 9.29 Å². The van der Waals surface area contributed by atoms with Crippen molar-refractivity contribution in [1.29, 1.82) is 0 Å². The molecule has 0 radical (unpaired) electrons. The topological polar surface area (TPSA) is 76.3 Å². The second kappa shape index (κ2) is 6.19. The van der Waals surface area contributed by atoms with Gasteiger partial charge in [-0.15, -0.1) is 0 Å². The third-order valence-corrected chi connectivity index (χ3v) is 6.49. The first-order valence-electron chi connectivity index (χ1n) is 8.00. The van der Waals surface area contributed by atoms with Gasteiger partial charge in [0.05, 0.1) is 5.52 Å². The number of pyridine rings is 1. The standard InChI is InChI=1S/C17H23N3O2S/c1-12-9-14-5-3-7-16(17(14)19-10-12)23(21,22)20-8-4-6-15(11-20)13(2)18/h3,5,7,9-10,13,15H,4,6,8,11,18H2,1-2H3/t13-,15+/m1/s1. The van der Waals surface area contributed by atoms with Crippen molar-refractivity contribution in [2.45, 2.75) is 37.6 Å². The van der Waals surface area contributed by atoms with Gasteiger partial charge in [-0.05, 0) is 50.3 Å². The molecule has 0 saturated carbocycles. The number of benzene rings is 1. The summed E-state index contributed by atoms with van der Waals surface area (Å²) >= 11 is 0. The third-order valence-electron chi connectivity index (χ3n) is 4.59. The number of nitrogens with two attached hydrogens (primary N) is 1. The van der Waals surface area contributed by atoms with E-state index in [-0.39, 0.29) is 12.0 Å². The number of hydrogen-bond acceptors (Lipinski definition) is 4. The normalized spacial score (nSPS) is 21.4. The Bertz CT molecular complexity index is 818. The molecule has 2 N–H and O–H groups in total. The van der Waals surface area contributed by atoms with E-state index < -0.39 is 10.0 Å². The van der Waals surface area contributed by atoms with Crippen LogP contribution in [0.5, 0.6) is 0 Å². The molecule has 3 rings (SSSR count). The van der Waals surface area contributed by atoms with E-state index in [1.807, 2.05) is 26.0 Å². The van der Waals surface area contributed by atoms with Crippen LogP contribution in [0.15, 0.2) is 35.4 Å². The van der Waals surface area contributed by atoms with Gasteiger partial charge >= 0.3 is 0 Å². The molecule has 2 aromatic rings. The van der Waals surface area contributed by atoms with Crippen LogP contribution in [-0.4, -0.2) is 36.8 Å². The van der Waals surface area contributed by atoms with E-state index >= 15 is 0 Å². The number of para-hydroxylation sites is 1. The highest BCUT2D eigenvalue weighted by Gasteiger charge is 2.32.